The predicted octanol–water partition coefficient (Wildman–Crippen LogP) is 3.32. The van der Waals surface area contributed by atoms with Crippen molar-refractivity contribution in [1.29, 1.82) is 0 Å². The van der Waals surface area contributed by atoms with Gasteiger partial charge in [0.15, 0.2) is 0 Å². The Labute approximate surface area is 146 Å². The number of thiophene rings is 1. The lowest BCUT2D eigenvalue weighted by Crippen LogP contribution is -2.41. The van der Waals surface area contributed by atoms with Crippen molar-refractivity contribution in [3.63, 3.8) is 0 Å². The van der Waals surface area contributed by atoms with Gasteiger partial charge in [0.1, 0.15) is 0 Å². The van der Waals surface area contributed by atoms with Crippen LogP contribution in [0.3, 0.4) is 0 Å². The zero-order valence-corrected chi connectivity index (χ0v) is 14.6. The number of aryl methyl sites for hydroxylation is 1. The Morgan fingerprint density at radius 2 is 1.88 bits per heavy atom. The van der Waals surface area contributed by atoms with Gasteiger partial charge in [-0.25, -0.2) is 0 Å². The number of nitrogens with zero attached hydrogens (tertiary/aromatic N) is 1. The average molecular weight is 342 g/mol. The van der Waals surface area contributed by atoms with Crippen LogP contribution in [-0.4, -0.2) is 29.8 Å². The molecular weight excluding hydrogens is 320 g/mol. The second-order valence-corrected chi connectivity index (χ2v) is 7.21. The topological polar surface area (TPSA) is 63.4 Å². The van der Waals surface area contributed by atoms with Crippen molar-refractivity contribution in [2.45, 2.75) is 26.2 Å². The molecule has 1 aliphatic heterocycles. The van der Waals surface area contributed by atoms with Gasteiger partial charge in [-0.3, -0.25) is 9.59 Å². The van der Waals surface area contributed by atoms with E-state index in [1.165, 1.54) is 10.4 Å². The standard InChI is InChI=1S/C19H22N2O2S/c1-2-13-12-16(24-17(13)14-6-4-3-5-7-14)19(23)21-10-8-15(9-11-21)18(20)22/h3-7,12,15H,2,8-11H2,1H3,(H2,20,22). The Morgan fingerprint density at radius 1 is 1.21 bits per heavy atom. The molecule has 1 saturated heterocycles. The summed E-state index contributed by atoms with van der Waals surface area (Å²) in [7, 11) is 0. The van der Waals surface area contributed by atoms with E-state index in [9.17, 15) is 9.59 Å². The molecule has 2 aromatic rings. The molecule has 0 unspecified atom stereocenters. The van der Waals surface area contributed by atoms with E-state index < -0.39 is 0 Å². The molecule has 126 valence electrons. The van der Waals surface area contributed by atoms with Crippen LogP contribution in [-0.2, 0) is 11.2 Å². The highest BCUT2D eigenvalue weighted by molar-refractivity contribution is 7.17. The minimum atomic E-state index is -0.252. The molecule has 3 rings (SSSR count). The highest BCUT2D eigenvalue weighted by Crippen LogP contribution is 2.34. The smallest absolute Gasteiger partial charge is 0.263 e. The van der Waals surface area contributed by atoms with E-state index in [2.05, 4.69) is 19.1 Å². The Hall–Kier alpha value is -2.14. The van der Waals surface area contributed by atoms with Crippen molar-refractivity contribution in [3.8, 4) is 10.4 Å². The number of piperidine rings is 1. The van der Waals surface area contributed by atoms with Gasteiger partial charge in [0.25, 0.3) is 5.91 Å². The molecule has 4 nitrogen and oxygen atoms in total. The van der Waals surface area contributed by atoms with E-state index in [-0.39, 0.29) is 17.7 Å². The van der Waals surface area contributed by atoms with E-state index in [0.717, 1.165) is 16.9 Å². The summed E-state index contributed by atoms with van der Waals surface area (Å²) in [5, 5.41) is 0. The van der Waals surface area contributed by atoms with Gasteiger partial charge in [-0.15, -0.1) is 11.3 Å². The Kier molecular flexibility index (Phi) is 5.00. The number of likely N-dealkylation sites (tertiary alicyclic amines) is 1. The van der Waals surface area contributed by atoms with Crippen LogP contribution in [0.15, 0.2) is 36.4 Å². The molecule has 1 aromatic carbocycles. The number of primary amides is 1. The second-order valence-electron chi connectivity index (χ2n) is 6.15. The molecule has 0 bridgehead atoms. The fraction of sp³-hybridized carbons (Fsp3) is 0.368. The summed E-state index contributed by atoms with van der Waals surface area (Å²) in [4.78, 5) is 27.9. The van der Waals surface area contributed by atoms with Crippen LogP contribution in [0.5, 0.6) is 0 Å². The molecule has 0 aliphatic carbocycles. The fourth-order valence-electron chi connectivity index (χ4n) is 3.15. The third kappa shape index (κ3) is 3.36. The Balaban J connectivity index is 1.79. The second kappa shape index (κ2) is 7.18. The predicted molar refractivity (Wildman–Crippen MR) is 97.0 cm³/mol. The quantitative estimate of drug-likeness (QED) is 0.926. The lowest BCUT2D eigenvalue weighted by molar-refractivity contribution is -0.123. The molecule has 2 N–H and O–H groups in total. The average Bonchev–Trinajstić information content (AvgIpc) is 3.06. The number of nitrogens with two attached hydrogens (primary N) is 1. The molecule has 0 atom stereocenters. The molecule has 0 saturated carbocycles. The van der Waals surface area contributed by atoms with Crippen LogP contribution >= 0.6 is 11.3 Å². The van der Waals surface area contributed by atoms with Gasteiger partial charge < -0.3 is 10.6 Å². The lowest BCUT2D eigenvalue weighted by atomic mass is 9.96. The van der Waals surface area contributed by atoms with Gasteiger partial charge in [-0.05, 0) is 36.5 Å². The van der Waals surface area contributed by atoms with Crippen molar-refractivity contribution in [1.82, 2.24) is 4.90 Å². The number of rotatable bonds is 4. The molecule has 1 aromatic heterocycles. The van der Waals surface area contributed by atoms with Gasteiger partial charge in [-0.2, -0.15) is 0 Å². The SMILES string of the molecule is CCc1cc(C(=O)N2CCC(C(N)=O)CC2)sc1-c1ccccc1. The zero-order valence-electron chi connectivity index (χ0n) is 13.8. The summed E-state index contributed by atoms with van der Waals surface area (Å²) in [5.74, 6) is -0.277. The first kappa shape index (κ1) is 16.7. The molecule has 0 spiro atoms. The third-order valence-electron chi connectivity index (χ3n) is 4.62. The van der Waals surface area contributed by atoms with Gasteiger partial charge in [0.05, 0.1) is 4.88 Å². The summed E-state index contributed by atoms with van der Waals surface area (Å²) in [6.45, 7) is 3.32. The van der Waals surface area contributed by atoms with Crippen LogP contribution in [0.2, 0.25) is 0 Å². The van der Waals surface area contributed by atoms with Crippen molar-refractivity contribution < 1.29 is 9.59 Å². The third-order valence-corrected chi connectivity index (χ3v) is 5.84. The minimum absolute atomic E-state index is 0.0693. The summed E-state index contributed by atoms with van der Waals surface area (Å²) in [6, 6.07) is 12.2. The Morgan fingerprint density at radius 3 is 2.46 bits per heavy atom. The van der Waals surface area contributed by atoms with Crippen molar-refractivity contribution >= 4 is 23.2 Å². The molecule has 2 heterocycles. The number of carbonyl (C=O) groups is 2. The monoisotopic (exact) mass is 342 g/mol. The Bertz CT molecular complexity index is 731. The van der Waals surface area contributed by atoms with Crippen molar-refractivity contribution in [2.75, 3.05) is 13.1 Å². The molecule has 0 radical (unpaired) electrons. The van der Waals surface area contributed by atoms with E-state index >= 15 is 0 Å². The van der Waals surface area contributed by atoms with E-state index in [1.807, 2.05) is 29.2 Å². The van der Waals surface area contributed by atoms with Crippen LogP contribution in [0.4, 0.5) is 0 Å². The maximum atomic E-state index is 12.8. The fourth-order valence-corrected chi connectivity index (χ4v) is 4.38. The number of benzene rings is 1. The molecular formula is C19H22N2O2S. The highest BCUT2D eigenvalue weighted by Gasteiger charge is 2.27. The normalized spacial score (nSPS) is 15.5. The van der Waals surface area contributed by atoms with Crippen LogP contribution in [0, 0.1) is 5.92 Å². The van der Waals surface area contributed by atoms with Gasteiger partial charge >= 0.3 is 0 Å². The first-order valence-electron chi connectivity index (χ1n) is 8.37. The van der Waals surface area contributed by atoms with Crippen molar-refractivity contribution in [3.05, 3.63) is 46.8 Å². The molecule has 24 heavy (non-hydrogen) atoms. The summed E-state index contributed by atoms with van der Waals surface area (Å²) < 4.78 is 0. The summed E-state index contributed by atoms with van der Waals surface area (Å²) in [6.07, 6.45) is 2.23. The van der Waals surface area contributed by atoms with E-state index in [4.69, 9.17) is 5.73 Å². The van der Waals surface area contributed by atoms with Gasteiger partial charge in [0, 0.05) is 23.9 Å². The van der Waals surface area contributed by atoms with Crippen LogP contribution in [0.1, 0.15) is 35.0 Å². The molecule has 1 aliphatic rings. The van der Waals surface area contributed by atoms with E-state index in [0.29, 0.717) is 25.9 Å². The van der Waals surface area contributed by atoms with Gasteiger partial charge in [-0.1, -0.05) is 37.3 Å². The minimum Gasteiger partial charge on any atom is -0.369 e. The van der Waals surface area contributed by atoms with Crippen LogP contribution in [0.25, 0.3) is 10.4 Å². The lowest BCUT2D eigenvalue weighted by Gasteiger charge is -2.30. The zero-order chi connectivity index (χ0) is 17.1. The molecule has 5 heteroatoms. The summed E-state index contributed by atoms with van der Waals surface area (Å²) in [5.41, 5.74) is 7.73. The number of hydrogen-bond donors (Lipinski definition) is 1. The van der Waals surface area contributed by atoms with E-state index in [1.54, 1.807) is 11.3 Å². The van der Waals surface area contributed by atoms with Crippen molar-refractivity contribution in [2.24, 2.45) is 11.7 Å². The molecule has 1 fully saturated rings. The highest BCUT2D eigenvalue weighted by atomic mass is 32.1. The maximum absolute atomic E-state index is 12.8. The van der Waals surface area contributed by atoms with Crippen LogP contribution < -0.4 is 5.73 Å². The first-order chi connectivity index (χ1) is 11.6. The molecule has 2 amide bonds. The number of carbonyl (C=O) groups excluding carboxylic acids is 2. The first-order valence-corrected chi connectivity index (χ1v) is 9.18. The summed E-state index contributed by atoms with van der Waals surface area (Å²) >= 11 is 1.56. The maximum Gasteiger partial charge on any atom is 0.263 e. The number of amides is 2. The number of hydrogen-bond acceptors (Lipinski definition) is 3. The largest absolute Gasteiger partial charge is 0.369 e. The van der Waals surface area contributed by atoms with Gasteiger partial charge in [0.2, 0.25) is 5.91 Å².